The highest BCUT2D eigenvalue weighted by Gasteiger charge is 2.10. The lowest BCUT2D eigenvalue weighted by molar-refractivity contribution is 0.236. The number of nitrogens with zero attached hydrogens (tertiary/aromatic N) is 1. The lowest BCUT2D eigenvalue weighted by atomic mass is 9.93. The van der Waals surface area contributed by atoms with Gasteiger partial charge in [0.15, 0.2) is 0 Å². The maximum absolute atomic E-state index is 5.59. The van der Waals surface area contributed by atoms with Crippen LogP contribution in [0.2, 0.25) is 0 Å². The number of aromatic nitrogens is 1. The zero-order chi connectivity index (χ0) is 11.5. The van der Waals surface area contributed by atoms with Gasteiger partial charge in [0.2, 0.25) is 5.88 Å². The zero-order valence-corrected chi connectivity index (χ0v) is 11.4. The zero-order valence-electron chi connectivity index (χ0n) is 9.80. The second-order valence-corrected chi connectivity index (χ2v) is 5.79. The average molecular weight is 272 g/mol. The predicted octanol–water partition coefficient (Wildman–Crippen LogP) is 3.97. The van der Waals surface area contributed by atoms with Gasteiger partial charge >= 0.3 is 0 Å². The van der Waals surface area contributed by atoms with E-state index in [1.165, 1.54) is 0 Å². The lowest BCUT2D eigenvalue weighted by Crippen LogP contribution is -2.11. The summed E-state index contributed by atoms with van der Waals surface area (Å²) >= 11 is 3.41. The van der Waals surface area contributed by atoms with Gasteiger partial charge < -0.3 is 4.74 Å². The Morgan fingerprint density at radius 1 is 1.40 bits per heavy atom. The maximum Gasteiger partial charge on any atom is 0.213 e. The number of aryl methyl sites for hydroxylation is 1. The average Bonchev–Trinajstić information content (AvgIpc) is 2.09. The fourth-order valence-corrected chi connectivity index (χ4v) is 1.27. The highest BCUT2D eigenvalue weighted by atomic mass is 79.9. The van der Waals surface area contributed by atoms with Crippen LogP contribution in [0.25, 0.3) is 0 Å². The molecular weight excluding hydrogens is 254 g/mol. The molecule has 0 spiro atoms. The van der Waals surface area contributed by atoms with E-state index >= 15 is 0 Å². The Morgan fingerprint density at radius 3 is 2.60 bits per heavy atom. The van der Waals surface area contributed by atoms with E-state index < -0.39 is 0 Å². The third kappa shape index (κ3) is 4.65. The summed E-state index contributed by atoms with van der Waals surface area (Å²) in [5.74, 6) is 0.708. The quantitative estimate of drug-likeness (QED) is 0.830. The van der Waals surface area contributed by atoms with Crippen molar-refractivity contribution in [3.8, 4) is 5.88 Å². The largest absolute Gasteiger partial charge is 0.478 e. The van der Waals surface area contributed by atoms with Crippen LogP contribution in [-0.4, -0.2) is 11.6 Å². The van der Waals surface area contributed by atoms with E-state index in [1.54, 1.807) is 6.20 Å². The summed E-state index contributed by atoms with van der Waals surface area (Å²) in [5, 5.41) is 0. The smallest absolute Gasteiger partial charge is 0.213 e. The Morgan fingerprint density at radius 2 is 2.07 bits per heavy atom. The Bertz CT molecular complexity index is 331. The predicted molar refractivity (Wildman–Crippen MR) is 66.2 cm³/mol. The van der Waals surface area contributed by atoms with Crippen molar-refractivity contribution in [1.29, 1.82) is 0 Å². The van der Waals surface area contributed by atoms with Crippen LogP contribution in [-0.2, 0) is 0 Å². The van der Waals surface area contributed by atoms with E-state index in [0.29, 0.717) is 11.3 Å². The monoisotopic (exact) mass is 271 g/mol. The van der Waals surface area contributed by atoms with Crippen molar-refractivity contribution in [2.75, 3.05) is 6.61 Å². The van der Waals surface area contributed by atoms with Crippen molar-refractivity contribution in [2.45, 2.75) is 34.1 Å². The number of hydrogen-bond acceptors (Lipinski definition) is 2. The SMILES string of the molecule is Cc1cc(OCCC(C)(C)C)ncc1Br. The standard InChI is InChI=1S/C12H18BrNO/c1-9-7-11(14-8-10(9)13)15-6-5-12(2,3)4/h7-8H,5-6H2,1-4H3. The molecule has 15 heavy (non-hydrogen) atoms. The number of hydrogen-bond donors (Lipinski definition) is 0. The molecule has 1 aromatic rings. The topological polar surface area (TPSA) is 22.1 Å². The van der Waals surface area contributed by atoms with Crippen LogP contribution in [0, 0.1) is 12.3 Å². The molecule has 0 aliphatic rings. The second-order valence-electron chi connectivity index (χ2n) is 4.93. The van der Waals surface area contributed by atoms with Gasteiger partial charge in [-0.3, -0.25) is 0 Å². The molecule has 0 saturated carbocycles. The van der Waals surface area contributed by atoms with Crippen LogP contribution in [0.5, 0.6) is 5.88 Å². The highest BCUT2D eigenvalue weighted by molar-refractivity contribution is 9.10. The summed E-state index contributed by atoms with van der Waals surface area (Å²) < 4.78 is 6.61. The molecule has 1 rings (SSSR count). The van der Waals surface area contributed by atoms with Crippen molar-refractivity contribution in [3.05, 3.63) is 22.3 Å². The van der Waals surface area contributed by atoms with Crippen LogP contribution in [0.3, 0.4) is 0 Å². The highest BCUT2D eigenvalue weighted by Crippen LogP contribution is 2.21. The van der Waals surface area contributed by atoms with Crippen molar-refractivity contribution < 1.29 is 4.74 Å². The molecule has 0 amide bonds. The van der Waals surface area contributed by atoms with Gasteiger partial charge in [0, 0.05) is 16.7 Å². The molecule has 0 radical (unpaired) electrons. The molecule has 0 aliphatic heterocycles. The van der Waals surface area contributed by atoms with Crippen LogP contribution in [0.15, 0.2) is 16.7 Å². The molecule has 3 heteroatoms. The van der Waals surface area contributed by atoms with Gasteiger partial charge in [-0.15, -0.1) is 0 Å². The molecule has 0 bridgehead atoms. The van der Waals surface area contributed by atoms with E-state index in [9.17, 15) is 0 Å². The molecule has 0 N–H and O–H groups in total. The first-order valence-corrected chi connectivity index (χ1v) is 5.93. The van der Waals surface area contributed by atoms with Gasteiger partial charge in [-0.05, 0) is 40.3 Å². The molecule has 0 saturated heterocycles. The number of pyridine rings is 1. The van der Waals surface area contributed by atoms with Gasteiger partial charge in [0.1, 0.15) is 0 Å². The first-order chi connectivity index (χ1) is 6.88. The third-order valence-electron chi connectivity index (χ3n) is 2.12. The van der Waals surface area contributed by atoms with Crippen molar-refractivity contribution in [3.63, 3.8) is 0 Å². The van der Waals surface area contributed by atoms with Crippen LogP contribution in [0.4, 0.5) is 0 Å². The number of ether oxygens (including phenoxy) is 1. The summed E-state index contributed by atoms with van der Waals surface area (Å²) in [6, 6.07) is 1.95. The van der Waals surface area contributed by atoms with Crippen molar-refractivity contribution in [2.24, 2.45) is 5.41 Å². The number of rotatable bonds is 3. The summed E-state index contributed by atoms with van der Waals surface area (Å²) in [7, 11) is 0. The molecule has 0 aromatic carbocycles. The van der Waals surface area contributed by atoms with Gasteiger partial charge in [-0.2, -0.15) is 0 Å². The number of halogens is 1. The van der Waals surface area contributed by atoms with Gasteiger partial charge in [0.05, 0.1) is 6.61 Å². The fourth-order valence-electron chi connectivity index (χ4n) is 1.05. The van der Waals surface area contributed by atoms with Crippen LogP contribution in [0.1, 0.15) is 32.8 Å². The van der Waals surface area contributed by atoms with Gasteiger partial charge in [0.25, 0.3) is 0 Å². The Kier molecular flexibility index (Phi) is 4.14. The summed E-state index contributed by atoms with van der Waals surface area (Å²) in [4.78, 5) is 4.19. The van der Waals surface area contributed by atoms with Crippen LogP contribution >= 0.6 is 15.9 Å². The molecule has 84 valence electrons. The van der Waals surface area contributed by atoms with E-state index in [0.717, 1.165) is 23.1 Å². The Balaban J connectivity index is 2.48. The molecule has 0 aliphatic carbocycles. The lowest BCUT2D eigenvalue weighted by Gasteiger charge is -2.17. The molecule has 0 fully saturated rings. The second kappa shape index (κ2) is 4.97. The fraction of sp³-hybridized carbons (Fsp3) is 0.583. The summed E-state index contributed by atoms with van der Waals surface area (Å²) in [6.07, 6.45) is 2.81. The normalized spacial score (nSPS) is 11.5. The van der Waals surface area contributed by atoms with Crippen molar-refractivity contribution in [1.82, 2.24) is 4.98 Å². The van der Waals surface area contributed by atoms with Gasteiger partial charge in [-0.1, -0.05) is 20.8 Å². The summed E-state index contributed by atoms with van der Waals surface area (Å²) in [6.45, 7) is 9.36. The Hall–Kier alpha value is -0.570. The first kappa shape index (κ1) is 12.5. The van der Waals surface area contributed by atoms with E-state index in [1.807, 2.05) is 13.0 Å². The first-order valence-electron chi connectivity index (χ1n) is 5.13. The Labute approximate surface area is 100 Å². The minimum Gasteiger partial charge on any atom is -0.478 e. The molecule has 1 aromatic heterocycles. The van der Waals surface area contributed by atoms with E-state index in [2.05, 4.69) is 41.7 Å². The molecule has 0 atom stereocenters. The van der Waals surface area contributed by atoms with Crippen molar-refractivity contribution >= 4 is 15.9 Å². The minimum atomic E-state index is 0.310. The third-order valence-corrected chi connectivity index (χ3v) is 2.95. The molecular formula is C12H18BrNO. The molecule has 2 nitrogen and oxygen atoms in total. The summed E-state index contributed by atoms with van der Waals surface area (Å²) in [5.41, 5.74) is 1.46. The van der Waals surface area contributed by atoms with E-state index in [-0.39, 0.29) is 0 Å². The van der Waals surface area contributed by atoms with Gasteiger partial charge in [-0.25, -0.2) is 4.98 Å². The maximum atomic E-state index is 5.59. The van der Waals surface area contributed by atoms with E-state index in [4.69, 9.17) is 4.74 Å². The van der Waals surface area contributed by atoms with Crippen LogP contribution < -0.4 is 4.74 Å². The molecule has 0 unspecified atom stereocenters. The molecule has 1 heterocycles. The minimum absolute atomic E-state index is 0.310.